The van der Waals surface area contributed by atoms with Crippen molar-refractivity contribution in [2.45, 2.75) is 67.7 Å². The first-order chi connectivity index (χ1) is 30.6. The molecule has 1 aromatic heterocycles. The molecule has 2 saturated heterocycles. The molecule has 0 amide bonds. The molecule has 12 rings (SSSR count). The number of hydrogen-bond donors (Lipinski definition) is 3. The molecule has 63 heavy (non-hydrogen) atoms. The van der Waals surface area contributed by atoms with E-state index in [0.29, 0.717) is 52.7 Å². The molecular weight excluding hydrogens is 819 g/mol. The number of carbonyl (C=O) groups excluding carboxylic acids is 2. The first-order valence-corrected chi connectivity index (χ1v) is 22.5. The maximum atomic E-state index is 15.0. The van der Waals surface area contributed by atoms with Gasteiger partial charge in [-0.15, -0.1) is 11.8 Å². The van der Waals surface area contributed by atoms with Gasteiger partial charge in [0, 0.05) is 69.3 Å². The second-order valence-corrected chi connectivity index (χ2v) is 18.5. The van der Waals surface area contributed by atoms with Gasteiger partial charge in [0.05, 0.1) is 37.1 Å². The number of thioether (sulfide) groups is 1. The van der Waals surface area contributed by atoms with Gasteiger partial charge in [0.2, 0.25) is 6.79 Å². The molecule has 4 bridgehead atoms. The number of nitriles is 1. The van der Waals surface area contributed by atoms with Crippen LogP contribution in [0.25, 0.3) is 17.0 Å². The van der Waals surface area contributed by atoms with Gasteiger partial charge in [0.15, 0.2) is 28.8 Å². The zero-order chi connectivity index (χ0) is 43.3. The van der Waals surface area contributed by atoms with E-state index in [1.54, 1.807) is 24.9 Å². The van der Waals surface area contributed by atoms with Crippen molar-refractivity contribution in [2.75, 3.05) is 46.5 Å². The Kier molecular flexibility index (Phi) is 9.63. The summed E-state index contributed by atoms with van der Waals surface area (Å²) in [6.45, 7) is 4.13. The van der Waals surface area contributed by atoms with Crippen LogP contribution in [-0.2, 0) is 32.7 Å². The monoisotopic (exact) mass is 865 g/mol. The van der Waals surface area contributed by atoms with Crippen LogP contribution in [0.3, 0.4) is 0 Å². The van der Waals surface area contributed by atoms with E-state index < -0.39 is 40.9 Å². The number of aromatic amines is 1. The number of methoxy groups -OCH3 is 1. The van der Waals surface area contributed by atoms with Gasteiger partial charge < -0.3 is 33.8 Å². The summed E-state index contributed by atoms with van der Waals surface area (Å²) in [4.78, 5) is 37.3. The van der Waals surface area contributed by atoms with Gasteiger partial charge in [0.25, 0.3) is 0 Å². The van der Waals surface area contributed by atoms with E-state index in [0.717, 1.165) is 50.8 Å². The number of carbonyl (C=O) groups is 2. The molecule has 14 heteroatoms. The summed E-state index contributed by atoms with van der Waals surface area (Å²) < 4.78 is 31.6. The Hall–Kier alpha value is -5.82. The van der Waals surface area contributed by atoms with E-state index in [1.807, 2.05) is 69.4 Å². The molecule has 7 aliphatic heterocycles. The van der Waals surface area contributed by atoms with Gasteiger partial charge >= 0.3 is 5.97 Å². The molecule has 7 atom stereocenters. The molecule has 4 aromatic carbocycles. The highest BCUT2D eigenvalue weighted by molar-refractivity contribution is 7.99. The molecule has 5 aromatic rings. The molecular formula is C49H47N5O8S. The van der Waals surface area contributed by atoms with Crippen molar-refractivity contribution in [3.05, 3.63) is 117 Å². The maximum absolute atomic E-state index is 15.0. The number of benzene rings is 4. The quantitative estimate of drug-likeness (QED) is 0.102. The molecule has 3 N–H and O–H groups in total. The summed E-state index contributed by atoms with van der Waals surface area (Å²) in [5, 5.41) is 27.8. The van der Waals surface area contributed by atoms with Gasteiger partial charge in [-0.05, 0) is 68.1 Å². The predicted molar refractivity (Wildman–Crippen MR) is 236 cm³/mol. The number of piperazine rings is 1. The maximum Gasteiger partial charge on any atom is 0.336 e. The lowest BCUT2D eigenvalue weighted by Gasteiger charge is -2.61. The number of aryl methyl sites for hydroxylation is 1. The SMILES string of the molecule is COc1c(C)cc2c(c1O)[C@H]1C3[C@@H]4SC[C@]5(NCCc6c5[nH]c5ccccc65)C(=O)COC[C@H](c5c6c(c(C)c(OC(=O)/C=C/c7ccccc7)c54)OCO6)N3[C@@H](C#N)[C@H](C2)N1C. The number of aromatic hydroxyl groups is 1. The van der Waals surface area contributed by atoms with Crippen LogP contribution in [0, 0.1) is 25.2 Å². The summed E-state index contributed by atoms with van der Waals surface area (Å²) in [6.07, 6.45) is 4.39. The van der Waals surface area contributed by atoms with Crippen LogP contribution in [0.15, 0.2) is 66.7 Å². The van der Waals surface area contributed by atoms with Crippen molar-refractivity contribution in [2.24, 2.45) is 0 Å². The summed E-state index contributed by atoms with van der Waals surface area (Å²) >= 11 is 1.58. The van der Waals surface area contributed by atoms with Gasteiger partial charge in [-0.1, -0.05) is 54.6 Å². The fraction of sp³-hybridized carbons (Fsp3) is 0.367. The number of likely N-dealkylation sites (N-methyl/N-ethyl adjacent to an activating group) is 1. The fourth-order valence-electron chi connectivity index (χ4n) is 11.5. The number of esters is 1. The van der Waals surface area contributed by atoms with Gasteiger partial charge in [-0.3, -0.25) is 19.9 Å². The molecule has 1 unspecified atom stereocenters. The van der Waals surface area contributed by atoms with Gasteiger partial charge in [0.1, 0.15) is 23.9 Å². The molecule has 322 valence electrons. The number of phenols is 1. The second kappa shape index (κ2) is 15.2. The number of Topliss-reactive ketones (excluding diaryl/α,β-unsaturated/α-hetero) is 1. The van der Waals surface area contributed by atoms with Gasteiger partial charge in [-0.25, -0.2) is 4.79 Å². The van der Waals surface area contributed by atoms with Crippen molar-refractivity contribution >= 4 is 40.5 Å². The van der Waals surface area contributed by atoms with Crippen LogP contribution < -0.4 is 24.3 Å². The van der Waals surface area contributed by atoms with Crippen molar-refractivity contribution in [1.29, 1.82) is 5.26 Å². The number of rotatable bonds is 4. The lowest BCUT2D eigenvalue weighted by atomic mass is 9.71. The summed E-state index contributed by atoms with van der Waals surface area (Å²) in [5.74, 6) is 1.34. The number of H-pyrrole nitrogens is 1. The van der Waals surface area contributed by atoms with Crippen LogP contribution in [-0.4, -0.2) is 96.2 Å². The number of para-hydroxylation sites is 1. The zero-order valence-electron chi connectivity index (χ0n) is 35.4. The molecule has 13 nitrogen and oxygen atoms in total. The molecule has 0 radical (unpaired) electrons. The number of hydrogen-bond acceptors (Lipinski definition) is 13. The molecule has 2 fully saturated rings. The third-order valence-corrected chi connectivity index (χ3v) is 15.7. The predicted octanol–water partition coefficient (Wildman–Crippen LogP) is 6.49. The molecule has 0 aliphatic carbocycles. The number of nitrogens with zero attached hydrogens (tertiary/aromatic N) is 3. The van der Waals surface area contributed by atoms with Crippen molar-refractivity contribution in [1.82, 2.24) is 20.1 Å². The Bertz CT molecular complexity index is 2800. The van der Waals surface area contributed by atoms with Crippen LogP contribution in [0.4, 0.5) is 0 Å². The van der Waals surface area contributed by atoms with Crippen molar-refractivity contribution in [3.8, 4) is 34.8 Å². The first-order valence-electron chi connectivity index (χ1n) is 21.4. The first kappa shape index (κ1) is 40.0. The topological polar surface area (TPSA) is 159 Å². The Morgan fingerprint density at radius 1 is 1.06 bits per heavy atom. The van der Waals surface area contributed by atoms with E-state index in [2.05, 4.69) is 38.3 Å². The molecule has 1 spiro atoms. The largest absolute Gasteiger partial charge is 0.504 e. The van der Waals surface area contributed by atoms with Crippen LogP contribution in [0.2, 0.25) is 0 Å². The van der Waals surface area contributed by atoms with E-state index in [9.17, 15) is 15.2 Å². The number of aromatic nitrogens is 1. The van der Waals surface area contributed by atoms with E-state index in [1.165, 1.54) is 6.08 Å². The van der Waals surface area contributed by atoms with Crippen molar-refractivity contribution < 1.29 is 38.4 Å². The average Bonchev–Trinajstić information content (AvgIpc) is 3.93. The van der Waals surface area contributed by atoms with Crippen molar-refractivity contribution in [3.63, 3.8) is 0 Å². The summed E-state index contributed by atoms with van der Waals surface area (Å²) in [7, 11) is 3.59. The smallest absolute Gasteiger partial charge is 0.336 e. The number of fused-ring (bicyclic) bond motifs is 12. The van der Waals surface area contributed by atoms with Crippen LogP contribution >= 0.6 is 11.8 Å². The van der Waals surface area contributed by atoms with Gasteiger partial charge in [-0.2, -0.15) is 5.26 Å². The zero-order valence-corrected chi connectivity index (χ0v) is 36.2. The number of ketones is 1. The summed E-state index contributed by atoms with van der Waals surface area (Å²) in [5.41, 5.74) is 7.02. The highest BCUT2D eigenvalue weighted by Gasteiger charge is 2.61. The lowest BCUT2D eigenvalue weighted by Crippen LogP contribution is -2.69. The minimum Gasteiger partial charge on any atom is -0.504 e. The third kappa shape index (κ3) is 5.90. The Morgan fingerprint density at radius 3 is 2.67 bits per heavy atom. The normalized spacial score (nSPS) is 27.3. The van der Waals surface area contributed by atoms with Crippen LogP contribution in [0.5, 0.6) is 28.7 Å². The highest BCUT2D eigenvalue weighted by atomic mass is 32.2. The third-order valence-electron chi connectivity index (χ3n) is 14.2. The minimum atomic E-state index is -1.18. The number of nitrogens with one attached hydrogen (secondary N) is 2. The lowest BCUT2D eigenvalue weighted by molar-refractivity contribution is -0.132. The Balaban J connectivity index is 1.16. The minimum absolute atomic E-state index is 0.0137. The molecule has 7 aliphatic rings. The molecule has 0 saturated carbocycles. The van der Waals surface area contributed by atoms with E-state index in [-0.39, 0.29) is 43.3 Å². The number of phenolic OH excluding ortho intramolecular Hbond substituents is 1. The average molecular weight is 866 g/mol. The molecule has 8 heterocycles. The Labute approximate surface area is 368 Å². The van der Waals surface area contributed by atoms with Crippen LogP contribution in [0.1, 0.15) is 67.5 Å². The van der Waals surface area contributed by atoms with E-state index in [4.69, 9.17) is 23.7 Å². The summed E-state index contributed by atoms with van der Waals surface area (Å²) in [6, 6.07) is 19.9. The fourth-order valence-corrected chi connectivity index (χ4v) is 13.2. The second-order valence-electron chi connectivity index (χ2n) is 17.3. The van der Waals surface area contributed by atoms with E-state index >= 15 is 4.79 Å². The standard InChI is InChI=1S/C49H47N5O8S/c1-25-18-28-19-32-33(20-50)54-34-21-59-22-35(55)49(48-30(16-17-51-49)29-12-8-9-13-31(29)52-48)23-63-47(41(54)40(53(32)3)37(28)42(57)43(25)58-4)39-38(34)46-45(60-24-61-46)26(2)44(39)62-36(56)15-14-27-10-6-5-7-11-27/h5-15,18,32-34,40-41,47,51-52,57H,16-17,19,21-24H2,1-4H3/b15-14+/t32-,33-,34+,40-,41?,47+,49-/m0/s1. The highest BCUT2D eigenvalue weighted by Crippen LogP contribution is 2.64. The Morgan fingerprint density at radius 2 is 1.86 bits per heavy atom. The number of ether oxygens (including phenoxy) is 5.